The first-order valence-corrected chi connectivity index (χ1v) is 15.2. The van der Waals surface area contributed by atoms with Crippen molar-refractivity contribution in [3.8, 4) is 16.5 Å². The lowest BCUT2D eigenvalue weighted by atomic mass is 9.69. The third-order valence-corrected chi connectivity index (χ3v) is 10.4. The van der Waals surface area contributed by atoms with Crippen molar-refractivity contribution in [3.05, 3.63) is 78.1 Å². The first kappa shape index (κ1) is 27.3. The van der Waals surface area contributed by atoms with E-state index in [1.165, 1.54) is 40.0 Å². The highest BCUT2D eigenvalue weighted by Gasteiger charge is 2.42. The number of fused-ring (bicyclic) bond motifs is 2. The summed E-state index contributed by atoms with van der Waals surface area (Å²) in [5.41, 5.74) is 4.38. The number of thiophene rings is 2. The summed E-state index contributed by atoms with van der Waals surface area (Å²) in [6, 6.07) is 13.6. The second-order valence-electron chi connectivity index (χ2n) is 12.0. The van der Waals surface area contributed by atoms with E-state index in [1.807, 2.05) is 36.4 Å². The Morgan fingerprint density at radius 1 is 1.00 bits per heavy atom. The van der Waals surface area contributed by atoms with Gasteiger partial charge < -0.3 is 14.4 Å². The van der Waals surface area contributed by atoms with Crippen LogP contribution in [0, 0.1) is 11.3 Å². The Balaban J connectivity index is 1.36. The smallest absolute Gasteiger partial charge is 0.346 e. The molecule has 2 aliphatic rings. The molecule has 5 heterocycles. The van der Waals surface area contributed by atoms with Crippen molar-refractivity contribution in [2.45, 2.75) is 51.4 Å². The van der Waals surface area contributed by atoms with Crippen molar-refractivity contribution in [2.24, 2.45) is 0 Å². The number of rotatable bonds is 5. The van der Waals surface area contributed by atoms with Crippen LogP contribution in [-0.2, 0) is 15.6 Å². The van der Waals surface area contributed by atoms with Crippen molar-refractivity contribution in [2.75, 3.05) is 18.0 Å². The summed E-state index contributed by atoms with van der Waals surface area (Å²) in [5, 5.41) is 19.0. The van der Waals surface area contributed by atoms with Crippen LogP contribution in [0.25, 0.3) is 39.6 Å². The molecule has 6 nitrogen and oxygen atoms in total. The summed E-state index contributed by atoms with van der Waals surface area (Å²) in [4.78, 5) is 30.4. The monoisotopic (exact) mass is 582 g/mol. The normalized spacial score (nSPS) is 17.5. The van der Waals surface area contributed by atoms with Crippen LogP contribution >= 0.6 is 22.7 Å². The average Bonchev–Trinajstić information content (AvgIpc) is 3.58. The van der Waals surface area contributed by atoms with Crippen LogP contribution in [0.15, 0.2) is 51.2 Å². The molecule has 4 aromatic rings. The van der Waals surface area contributed by atoms with Crippen LogP contribution in [0.1, 0.15) is 66.3 Å². The molecule has 0 spiro atoms. The van der Waals surface area contributed by atoms with E-state index >= 15 is 0 Å². The molecule has 0 unspecified atom stereocenters. The Hall–Kier alpha value is -3.93. The molecule has 0 aliphatic carbocycles. The van der Waals surface area contributed by atoms with Gasteiger partial charge in [-0.3, -0.25) is 0 Å². The van der Waals surface area contributed by atoms with Crippen LogP contribution in [0.2, 0.25) is 0 Å². The van der Waals surface area contributed by atoms with Crippen LogP contribution < -0.4 is 10.5 Å². The fourth-order valence-electron chi connectivity index (χ4n) is 5.89. The van der Waals surface area contributed by atoms with E-state index in [-0.39, 0.29) is 22.0 Å². The maximum Gasteiger partial charge on any atom is 0.346 e. The van der Waals surface area contributed by atoms with Gasteiger partial charge in [-0.2, -0.15) is 5.26 Å². The summed E-state index contributed by atoms with van der Waals surface area (Å²) in [6.07, 6.45) is 7.40. The number of hydrogen-bond acceptors (Lipinski definition) is 7. The van der Waals surface area contributed by atoms with Crippen molar-refractivity contribution in [3.63, 3.8) is 0 Å². The fourth-order valence-corrected chi connectivity index (χ4v) is 7.67. The highest BCUT2D eigenvalue weighted by molar-refractivity contribution is 7.16. The number of anilines is 1. The number of hydrogen-bond donors (Lipinski definition) is 1. The Morgan fingerprint density at radius 3 is 2.37 bits per heavy atom. The largest absolute Gasteiger partial charge is 0.477 e. The number of nitrogens with zero attached hydrogens (tertiary/aromatic N) is 2. The average molecular weight is 583 g/mol. The number of benzene rings is 1. The summed E-state index contributed by atoms with van der Waals surface area (Å²) in [7, 11) is 0. The van der Waals surface area contributed by atoms with Crippen molar-refractivity contribution in [1.82, 2.24) is 0 Å². The van der Waals surface area contributed by atoms with Crippen LogP contribution in [0.5, 0.6) is 0 Å². The molecular formula is C33H30N2O4S2. The highest BCUT2D eigenvalue weighted by atomic mass is 32.1. The predicted molar refractivity (Wildman–Crippen MR) is 168 cm³/mol. The van der Waals surface area contributed by atoms with Crippen LogP contribution in [-0.4, -0.2) is 24.2 Å². The zero-order chi connectivity index (χ0) is 29.1. The minimum atomic E-state index is -1.24. The maximum absolute atomic E-state index is 13.4. The van der Waals surface area contributed by atoms with Gasteiger partial charge >= 0.3 is 11.6 Å². The number of nitriles is 1. The predicted octanol–water partition coefficient (Wildman–Crippen LogP) is 7.91. The quantitative estimate of drug-likeness (QED) is 0.146. The molecular weight excluding hydrogens is 553 g/mol. The molecule has 1 aromatic carbocycles. The van der Waals surface area contributed by atoms with Gasteiger partial charge in [0.25, 0.3) is 0 Å². The number of carboxylic acids is 1. The molecule has 6 rings (SSSR count). The Kier molecular flexibility index (Phi) is 6.55. The van der Waals surface area contributed by atoms with Crippen molar-refractivity contribution < 1.29 is 14.3 Å². The summed E-state index contributed by atoms with van der Waals surface area (Å²) in [6.45, 7) is 11.2. The van der Waals surface area contributed by atoms with Gasteiger partial charge in [0.05, 0.1) is 5.56 Å². The first-order valence-electron chi connectivity index (χ1n) is 13.6. The Bertz CT molecular complexity index is 1870. The minimum Gasteiger partial charge on any atom is -0.477 e. The summed E-state index contributed by atoms with van der Waals surface area (Å²) >= 11 is 2.92. The van der Waals surface area contributed by atoms with E-state index in [4.69, 9.17) is 14.8 Å². The third-order valence-electron chi connectivity index (χ3n) is 8.32. The Morgan fingerprint density at radius 2 is 1.66 bits per heavy atom. The Labute approximate surface area is 246 Å². The molecule has 1 N–H and O–H groups in total. The SMILES string of the molecule is CC1(C)CCN2CCC(C)(C)c3c2c1cc1cc(-c2ccc(/C=C/c4ccc(/C=C(\C#N)C(=O)O)s4)s2)c(=O)oc31. The summed E-state index contributed by atoms with van der Waals surface area (Å²) in [5.74, 6) is -1.24. The number of carboxylic acid groups (broad SMARTS) is 1. The van der Waals surface area contributed by atoms with Gasteiger partial charge in [0.15, 0.2) is 0 Å². The second-order valence-corrected chi connectivity index (χ2v) is 14.3. The minimum absolute atomic E-state index is 0.0423. The van der Waals surface area contributed by atoms with Crippen molar-refractivity contribution >= 4 is 63.5 Å². The van der Waals surface area contributed by atoms with E-state index in [0.29, 0.717) is 16.0 Å². The van der Waals surface area contributed by atoms with Gasteiger partial charge in [0, 0.05) is 49.2 Å². The number of aliphatic carboxylic acids is 1. The molecule has 0 bridgehead atoms. The molecule has 8 heteroatoms. The molecule has 0 radical (unpaired) electrons. The van der Waals surface area contributed by atoms with E-state index in [1.54, 1.807) is 12.1 Å². The fraction of sp³-hybridized carbons (Fsp3) is 0.303. The lowest BCUT2D eigenvalue weighted by Crippen LogP contribution is -2.44. The van der Waals surface area contributed by atoms with Crippen LogP contribution in [0.4, 0.5) is 5.69 Å². The summed E-state index contributed by atoms with van der Waals surface area (Å²) < 4.78 is 6.16. The topological polar surface area (TPSA) is 94.5 Å². The molecule has 0 fully saturated rings. The molecule has 0 atom stereocenters. The van der Waals surface area contributed by atoms with Gasteiger partial charge in [-0.15, -0.1) is 22.7 Å². The zero-order valence-corrected chi connectivity index (χ0v) is 25.0. The molecule has 0 saturated carbocycles. The van der Waals surface area contributed by atoms with Crippen LogP contribution in [0.3, 0.4) is 0 Å². The second kappa shape index (κ2) is 9.86. The van der Waals surface area contributed by atoms with Gasteiger partial charge in [-0.25, -0.2) is 9.59 Å². The van der Waals surface area contributed by atoms with E-state index in [2.05, 4.69) is 38.7 Å². The van der Waals surface area contributed by atoms with Gasteiger partial charge in [0.2, 0.25) is 0 Å². The molecule has 0 amide bonds. The first-order chi connectivity index (χ1) is 19.5. The third kappa shape index (κ3) is 4.83. The molecule has 208 valence electrons. The van der Waals surface area contributed by atoms with Crippen molar-refractivity contribution in [1.29, 1.82) is 5.26 Å². The molecule has 41 heavy (non-hydrogen) atoms. The molecule has 3 aromatic heterocycles. The lowest BCUT2D eigenvalue weighted by molar-refractivity contribution is -0.132. The maximum atomic E-state index is 13.4. The van der Waals surface area contributed by atoms with Gasteiger partial charge in [-0.05, 0) is 83.9 Å². The molecule has 0 saturated heterocycles. The van der Waals surface area contributed by atoms with E-state index < -0.39 is 5.97 Å². The van der Waals surface area contributed by atoms with E-state index in [0.717, 1.165) is 51.5 Å². The van der Waals surface area contributed by atoms with Gasteiger partial charge in [-0.1, -0.05) is 27.7 Å². The zero-order valence-electron chi connectivity index (χ0n) is 23.4. The standard InChI is InChI=1S/C33H30N2O4S2/c1-32(2)11-13-35-14-12-33(3,4)27-28(35)25(32)17-19-16-24(31(38)39-29(19)27)26-10-9-22(41-26)6-5-21-7-8-23(40-21)15-20(18-34)30(36)37/h5-10,15-17H,11-14H2,1-4H3,(H,36,37)/b6-5+,20-15+. The van der Waals surface area contributed by atoms with Gasteiger partial charge in [0.1, 0.15) is 17.2 Å². The van der Waals surface area contributed by atoms with E-state index in [9.17, 15) is 9.59 Å². The molecule has 2 aliphatic heterocycles. The highest BCUT2D eigenvalue weighted by Crippen LogP contribution is 2.51. The number of carbonyl (C=O) groups is 1. The lowest BCUT2D eigenvalue weighted by Gasteiger charge is -2.48.